The molecule has 0 bridgehead atoms. The maximum absolute atomic E-state index is 11.3. The minimum absolute atomic E-state index is 0.0741. The van der Waals surface area contributed by atoms with Crippen molar-refractivity contribution in [3.05, 3.63) is 30.5 Å². The zero-order chi connectivity index (χ0) is 11.7. The summed E-state index contributed by atoms with van der Waals surface area (Å²) in [5.74, 6) is 0.0306. The SMILES string of the molecule is CC(=O)Oc1cccc2c1ccn2C(C)=O. The molecule has 82 valence electrons. The van der Waals surface area contributed by atoms with E-state index in [0.29, 0.717) is 5.75 Å². The largest absolute Gasteiger partial charge is 0.426 e. The van der Waals surface area contributed by atoms with Crippen molar-refractivity contribution in [3.63, 3.8) is 0 Å². The van der Waals surface area contributed by atoms with Gasteiger partial charge in [0.15, 0.2) is 0 Å². The predicted molar refractivity (Wildman–Crippen MR) is 59.5 cm³/mol. The number of ether oxygens (including phenoxy) is 1. The van der Waals surface area contributed by atoms with Gasteiger partial charge in [-0.25, -0.2) is 0 Å². The molecule has 0 spiro atoms. The van der Waals surface area contributed by atoms with Crippen LogP contribution in [0.1, 0.15) is 18.6 Å². The number of benzene rings is 1. The van der Waals surface area contributed by atoms with Gasteiger partial charge in [-0.05, 0) is 18.2 Å². The molecule has 2 rings (SSSR count). The normalized spacial score (nSPS) is 10.4. The molecule has 0 aliphatic rings. The predicted octanol–water partition coefficient (Wildman–Crippen LogP) is 2.23. The average molecular weight is 217 g/mol. The third kappa shape index (κ3) is 1.69. The summed E-state index contributed by atoms with van der Waals surface area (Å²) >= 11 is 0. The van der Waals surface area contributed by atoms with Crippen molar-refractivity contribution in [3.8, 4) is 5.75 Å². The van der Waals surface area contributed by atoms with Crippen molar-refractivity contribution in [2.75, 3.05) is 0 Å². The standard InChI is InChI=1S/C12H11NO3/c1-8(14)13-7-6-10-11(13)4-3-5-12(10)16-9(2)15/h3-7H,1-2H3. The van der Waals surface area contributed by atoms with Crippen LogP contribution in [-0.2, 0) is 4.79 Å². The molecular formula is C12H11NO3. The first kappa shape index (κ1) is 10.4. The summed E-state index contributed by atoms with van der Waals surface area (Å²) in [6, 6.07) is 7.02. The molecule has 0 atom stereocenters. The summed E-state index contributed by atoms with van der Waals surface area (Å²) in [5.41, 5.74) is 0.742. The quantitative estimate of drug-likeness (QED) is 0.543. The van der Waals surface area contributed by atoms with Crippen molar-refractivity contribution >= 4 is 22.8 Å². The van der Waals surface area contributed by atoms with Gasteiger partial charge in [0.2, 0.25) is 5.91 Å². The summed E-state index contributed by atoms with van der Waals surface area (Å²) in [6.45, 7) is 2.83. The lowest BCUT2D eigenvalue weighted by Gasteiger charge is -2.03. The first-order chi connectivity index (χ1) is 7.59. The highest BCUT2D eigenvalue weighted by Gasteiger charge is 2.09. The monoisotopic (exact) mass is 217 g/mol. The van der Waals surface area contributed by atoms with E-state index in [1.165, 1.54) is 18.4 Å². The van der Waals surface area contributed by atoms with Crippen LogP contribution < -0.4 is 4.74 Å². The van der Waals surface area contributed by atoms with Crippen LogP contribution in [0.3, 0.4) is 0 Å². The highest BCUT2D eigenvalue weighted by Crippen LogP contribution is 2.26. The number of carbonyl (C=O) groups is 2. The molecule has 1 aromatic carbocycles. The van der Waals surface area contributed by atoms with Crippen LogP contribution in [-0.4, -0.2) is 16.4 Å². The molecule has 0 saturated carbocycles. The van der Waals surface area contributed by atoms with Crippen molar-refractivity contribution in [1.82, 2.24) is 4.57 Å². The Labute approximate surface area is 92.4 Å². The number of fused-ring (bicyclic) bond motifs is 1. The molecule has 0 radical (unpaired) electrons. The second-order valence-corrected chi connectivity index (χ2v) is 3.49. The van der Waals surface area contributed by atoms with Crippen LogP contribution in [0, 0.1) is 0 Å². The summed E-state index contributed by atoms with van der Waals surface area (Å²) in [7, 11) is 0. The van der Waals surface area contributed by atoms with Gasteiger partial charge < -0.3 is 4.74 Å². The van der Waals surface area contributed by atoms with E-state index in [4.69, 9.17) is 4.74 Å². The molecule has 4 nitrogen and oxygen atoms in total. The number of hydrogen-bond acceptors (Lipinski definition) is 3. The van der Waals surface area contributed by atoms with Gasteiger partial charge in [0, 0.05) is 25.4 Å². The fourth-order valence-electron chi connectivity index (χ4n) is 1.66. The van der Waals surface area contributed by atoms with Gasteiger partial charge in [-0.1, -0.05) is 6.07 Å². The number of carbonyl (C=O) groups excluding carboxylic acids is 2. The molecule has 0 unspecified atom stereocenters. The zero-order valence-electron chi connectivity index (χ0n) is 9.06. The van der Waals surface area contributed by atoms with E-state index in [2.05, 4.69) is 0 Å². The van der Waals surface area contributed by atoms with E-state index in [9.17, 15) is 9.59 Å². The lowest BCUT2D eigenvalue weighted by atomic mass is 10.2. The topological polar surface area (TPSA) is 48.3 Å². The number of esters is 1. The molecule has 0 saturated heterocycles. The molecule has 4 heteroatoms. The first-order valence-electron chi connectivity index (χ1n) is 4.89. The second-order valence-electron chi connectivity index (χ2n) is 3.49. The van der Waals surface area contributed by atoms with E-state index in [1.54, 1.807) is 24.4 Å². The van der Waals surface area contributed by atoms with Crippen LogP contribution in [0.2, 0.25) is 0 Å². The Hall–Kier alpha value is -2.10. The van der Waals surface area contributed by atoms with Crippen LogP contribution >= 0.6 is 0 Å². The van der Waals surface area contributed by atoms with E-state index in [0.717, 1.165) is 10.9 Å². The van der Waals surface area contributed by atoms with Gasteiger partial charge in [0.25, 0.3) is 0 Å². The fraction of sp³-hybridized carbons (Fsp3) is 0.167. The molecule has 0 aliphatic heterocycles. The second kappa shape index (κ2) is 3.81. The molecule has 1 aromatic heterocycles. The Morgan fingerprint density at radius 2 is 1.94 bits per heavy atom. The zero-order valence-corrected chi connectivity index (χ0v) is 9.06. The van der Waals surface area contributed by atoms with Crippen molar-refractivity contribution < 1.29 is 14.3 Å². The van der Waals surface area contributed by atoms with Gasteiger partial charge >= 0.3 is 5.97 Å². The van der Waals surface area contributed by atoms with E-state index in [-0.39, 0.29) is 11.9 Å². The van der Waals surface area contributed by atoms with Crippen molar-refractivity contribution in [2.24, 2.45) is 0 Å². The Bertz CT molecular complexity index is 569. The first-order valence-corrected chi connectivity index (χ1v) is 4.89. The van der Waals surface area contributed by atoms with Crippen molar-refractivity contribution in [1.29, 1.82) is 0 Å². The van der Waals surface area contributed by atoms with Gasteiger partial charge in [0.05, 0.1) is 5.52 Å². The lowest BCUT2D eigenvalue weighted by molar-refractivity contribution is -0.131. The third-order valence-electron chi connectivity index (χ3n) is 2.29. The highest BCUT2D eigenvalue weighted by atomic mass is 16.5. The van der Waals surface area contributed by atoms with Crippen LogP contribution in [0.25, 0.3) is 10.9 Å². The molecule has 0 fully saturated rings. The Morgan fingerprint density at radius 1 is 1.19 bits per heavy atom. The van der Waals surface area contributed by atoms with Crippen LogP contribution in [0.5, 0.6) is 5.75 Å². The molecule has 0 aliphatic carbocycles. The minimum atomic E-state index is -0.372. The molecule has 16 heavy (non-hydrogen) atoms. The van der Waals surface area contributed by atoms with Crippen molar-refractivity contribution in [2.45, 2.75) is 13.8 Å². The minimum Gasteiger partial charge on any atom is -0.426 e. The smallest absolute Gasteiger partial charge is 0.308 e. The number of rotatable bonds is 1. The van der Waals surface area contributed by atoms with Crippen LogP contribution in [0.15, 0.2) is 30.5 Å². The fourth-order valence-corrected chi connectivity index (χ4v) is 1.66. The number of nitrogens with zero attached hydrogens (tertiary/aromatic N) is 1. The van der Waals surface area contributed by atoms with Crippen LogP contribution in [0.4, 0.5) is 0 Å². The Balaban J connectivity index is 2.61. The summed E-state index contributed by atoms with van der Waals surface area (Å²) in [5, 5.41) is 0.757. The summed E-state index contributed by atoms with van der Waals surface area (Å²) in [4.78, 5) is 22.2. The maximum atomic E-state index is 11.3. The lowest BCUT2D eigenvalue weighted by Crippen LogP contribution is -2.04. The van der Waals surface area contributed by atoms with Gasteiger partial charge in [0.1, 0.15) is 5.75 Å². The summed E-state index contributed by atoms with van der Waals surface area (Å²) < 4.78 is 6.57. The molecular weight excluding hydrogens is 206 g/mol. The number of hydrogen-bond donors (Lipinski definition) is 0. The van der Waals surface area contributed by atoms with E-state index < -0.39 is 0 Å². The summed E-state index contributed by atoms with van der Waals surface area (Å²) in [6.07, 6.45) is 1.67. The van der Waals surface area contributed by atoms with Gasteiger partial charge in [-0.3, -0.25) is 14.2 Å². The Morgan fingerprint density at radius 3 is 2.56 bits per heavy atom. The maximum Gasteiger partial charge on any atom is 0.308 e. The molecule has 0 amide bonds. The highest BCUT2D eigenvalue weighted by molar-refractivity contribution is 5.95. The number of aromatic nitrogens is 1. The van der Waals surface area contributed by atoms with Gasteiger partial charge in [-0.15, -0.1) is 0 Å². The molecule has 0 N–H and O–H groups in total. The molecule has 1 heterocycles. The van der Waals surface area contributed by atoms with E-state index >= 15 is 0 Å². The van der Waals surface area contributed by atoms with E-state index in [1.807, 2.05) is 6.07 Å². The Kier molecular flexibility index (Phi) is 2.48. The average Bonchev–Trinajstić information content (AvgIpc) is 2.61. The van der Waals surface area contributed by atoms with Gasteiger partial charge in [-0.2, -0.15) is 0 Å². The third-order valence-corrected chi connectivity index (χ3v) is 2.29. The molecule has 2 aromatic rings.